The van der Waals surface area contributed by atoms with Gasteiger partial charge >= 0.3 is 0 Å². The van der Waals surface area contributed by atoms with Crippen molar-refractivity contribution in [1.29, 1.82) is 0 Å². The van der Waals surface area contributed by atoms with E-state index >= 15 is 0 Å². The van der Waals surface area contributed by atoms with Gasteiger partial charge in [-0.3, -0.25) is 0 Å². The molecule has 0 spiro atoms. The number of rotatable bonds is 2. The van der Waals surface area contributed by atoms with Gasteiger partial charge in [0.2, 0.25) is 5.28 Å². The van der Waals surface area contributed by atoms with E-state index in [0.717, 1.165) is 23.0 Å². The van der Waals surface area contributed by atoms with E-state index in [0.29, 0.717) is 19.8 Å². The number of fused-ring (bicyclic) bond motifs is 3. The molecule has 0 N–H and O–H groups in total. The molecule has 1 aromatic heterocycles. The summed E-state index contributed by atoms with van der Waals surface area (Å²) in [5.74, 6) is 2.37. The number of halogens is 1. The maximum absolute atomic E-state index is 6.05. The highest BCUT2D eigenvalue weighted by molar-refractivity contribution is 7.97. The van der Waals surface area contributed by atoms with E-state index in [1.54, 1.807) is 11.8 Å². The molecule has 0 bridgehead atoms. The van der Waals surface area contributed by atoms with E-state index in [9.17, 15) is 0 Å². The summed E-state index contributed by atoms with van der Waals surface area (Å²) in [6, 6.07) is 0.485. The van der Waals surface area contributed by atoms with Crippen LogP contribution in [0.2, 0.25) is 5.28 Å². The first kappa shape index (κ1) is 13.3. The minimum atomic E-state index is 0.212. The second-order valence-electron chi connectivity index (χ2n) is 4.78. The molecule has 3 heterocycles. The first-order valence-corrected chi connectivity index (χ1v) is 8.02. The van der Waals surface area contributed by atoms with Crippen molar-refractivity contribution in [3.05, 3.63) is 11.0 Å². The van der Waals surface area contributed by atoms with Crippen LogP contribution in [0.4, 0.5) is 5.82 Å². The zero-order valence-corrected chi connectivity index (χ0v) is 12.5. The van der Waals surface area contributed by atoms with Crippen molar-refractivity contribution in [3.8, 4) is 5.75 Å². The molecule has 7 heteroatoms. The Balaban J connectivity index is 2.05. The van der Waals surface area contributed by atoms with Crippen molar-refractivity contribution in [2.75, 3.05) is 31.0 Å². The number of ether oxygens (including phenoxy) is 2. The molecule has 0 amide bonds. The minimum absolute atomic E-state index is 0.212. The Bertz CT molecular complexity index is 488. The highest BCUT2D eigenvalue weighted by Gasteiger charge is 2.37. The lowest BCUT2D eigenvalue weighted by atomic mass is 10.1. The predicted octanol–water partition coefficient (Wildman–Crippen LogP) is 1.98. The van der Waals surface area contributed by atoms with Crippen LogP contribution in [-0.2, 0) is 10.5 Å². The van der Waals surface area contributed by atoms with Gasteiger partial charge in [-0.1, -0.05) is 0 Å². The third-order valence-electron chi connectivity index (χ3n) is 3.37. The molecule has 1 aromatic rings. The van der Waals surface area contributed by atoms with E-state index in [1.165, 1.54) is 0 Å². The summed E-state index contributed by atoms with van der Waals surface area (Å²) in [6.07, 6.45) is 2.03. The number of morpholine rings is 1. The summed E-state index contributed by atoms with van der Waals surface area (Å²) in [6.45, 7) is 4.12. The van der Waals surface area contributed by atoms with Gasteiger partial charge in [0.1, 0.15) is 6.61 Å². The summed E-state index contributed by atoms with van der Waals surface area (Å²) in [7, 11) is 0. The van der Waals surface area contributed by atoms with Crippen LogP contribution in [0, 0.1) is 0 Å². The second-order valence-corrected chi connectivity index (χ2v) is 5.99. The molecule has 5 nitrogen and oxygen atoms in total. The van der Waals surface area contributed by atoms with E-state index in [-0.39, 0.29) is 17.4 Å². The number of hydrogen-bond donors (Lipinski definition) is 0. The quantitative estimate of drug-likeness (QED) is 0.779. The van der Waals surface area contributed by atoms with E-state index < -0.39 is 0 Å². The van der Waals surface area contributed by atoms with Crippen molar-refractivity contribution in [2.24, 2.45) is 0 Å². The van der Waals surface area contributed by atoms with Gasteiger partial charge in [0, 0.05) is 5.75 Å². The van der Waals surface area contributed by atoms with Gasteiger partial charge in [0.15, 0.2) is 11.6 Å². The lowest BCUT2D eigenvalue weighted by Crippen LogP contribution is -2.56. The molecule has 2 atom stereocenters. The van der Waals surface area contributed by atoms with Crippen molar-refractivity contribution in [2.45, 2.75) is 24.8 Å². The monoisotopic (exact) mass is 301 g/mol. The first-order valence-electron chi connectivity index (χ1n) is 6.25. The van der Waals surface area contributed by atoms with Gasteiger partial charge in [-0.15, -0.1) is 0 Å². The Morgan fingerprint density at radius 1 is 1.37 bits per heavy atom. The molecule has 1 saturated heterocycles. The molecule has 2 aliphatic rings. The van der Waals surface area contributed by atoms with Crippen molar-refractivity contribution >= 4 is 29.2 Å². The number of nitrogens with zero attached hydrogens (tertiary/aromatic N) is 3. The van der Waals surface area contributed by atoms with Gasteiger partial charge in [0.25, 0.3) is 0 Å². The summed E-state index contributed by atoms with van der Waals surface area (Å²) in [5, 5.41) is 0.283. The average Bonchev–Trinajstić information content (AvgIpc) is 2.38. The molecule has 1 fully saturated rings. The molecular formula is C12H16ClN3O2S. The van der Waals surface area contributed by atoms with Crippen LogP contribution in [-0.4, -0.2) is 48.1 Å². The maximum atomic E-state index is 6.05. The molecule has 2 aliphatic heterocycles. The number of anilines is 1. The van der Waals surface area contributed by atoms with Gasteiger partial charge in [-0.05, 0) is 24.8 Å². The fraction of sp³-hybridized carbons (Fsp3) is 0.667. The van der Waals surface area contributed by atoms with Gasteiger partial charge in [-0.25, -0.2) is 4.98 Å². The first-order chi connectivity index (χ1) is 9.20. The lowest BCUT2D eigenvalue weighted by Gasteiger charge is -2.44. The molecule has 19 heavy (non-hydrogen) atoms. The molecular weight excluding hydrogens is 286 g/mol. The van der Waals surface area contributed by atoms with E-state index in [2.05, 4.69) is 21.8 Å². The van der Waals surface area contributed by atoms with Gasteiger partial charge < -0.3 is 14.4 Å². The predicted molar refractivity (Wildman–Crippen MR) is 76.3 cm³/mol. The Morgan fingerprint density at radius 3 is 3.00 bits per heavy atom. The number of hydrogen-bond acceptors (Lipinski definition) is 6. The molecule has 0 unspecified atom stereocenters. The molecule has 0 aliphatic carbocycles. The lowest BCUT2D eigenvalue weighted by molar-refractivity contribution is 0.0484. The largest absolute Gasteiger partial charge is 0.486 e. The van der Waals surface area contributed by atoms with Crippen LogP contribution >= 0.6 is 23.4 Å². The second kappa shape index (κ2) is 5.34. The van der Waals surface area contributed by atoms with Crippen LogP contribution in [0.5, 0.6) is 5.75 Å². The summed E-state index contributed by atoms with van der Waals surface area (Å²) < 4.78 is 11.4. The van der Waals surface area contributed by atoms with Crippen molar-refractivity contribution < 1.29 is 9.47 Å². The van der Waals surface area contributed by atoms with Crippen LogP contribution in [0.25, 0.3) is 0 Å². The maximum Gasteiger partial charge on any atom is 0.224 e. The summed E-state index contributed by atoms with van der Waals surface area (Å²) in [5.41, 5.74) is 0.875. The SMILES string of the molecule is CSCc1nc(Cl)nc2c1OC[C@@H]1COC[C@@H](C)N21. The van der Waals surface area contributed by atoms with Crippen LogP contribution in [0.15, 0.2) is 0 Å². The van der Waals surface area contributed by atoms with Crippen LogP contribution in [0.3, 0.4) is 0 Å². The smallest absolute Gasteiger partial charge is 0.224 e. The Labute approximate surface area is 121 Å². The average molecular weight is 302 g/mol. The van der Waals surface area contributed by atoms with Gasteiger partial charge in [-0.2, -0.15) is 16.7 Å². The molecule has 0 saturated carbocycles. The Hall–Kier alpha value is -0.720. The standard InChI is InChI=1S/C12H16ClN3O2S/c1-7-3-17-4-8-5-18-10-9(6-19-2)14-12(13)15-11(10)16(7)8/h7-8H,3-6H2,1-2H3/t7-,8+/m1/s1. The fourth-order valence-electron chi connectivity index (χ4n) is 2.60. The molecule has 0 radical (unpaired) electrons. The Kier molecular flexibility index (Phi) is 3.73. The normalized spacial score (nSPS) is 25.5. The molecule has 0 aromatic carbocycles. The van der Waals surface area contributed by atoms with E-state index in [1.807, 2.05) is 6.26 Å². The van der Waals surface area contributed by atoms with Crippen LogP contribution in [0.1, 0.15) is 12.6 Å². The van der Waals surface area contributed by atoms with Gasteiger partial charge in [0.05, 0.1) is 31.0 Å². The summed E-state index contributed by atoms with van der Waals surface area (Å²) >= 11 is 7.75. The topological polar surface area (TPSA) is 47.5 Å². The zero-order chi connectivity index (χ0) is 13.4. The molecule has 3 rings (SSSR count). The zero-order valence-electron chi connectivity index (χ0n) is 10.9. The third-order valence-corrected chi connectivity index (χ3v) is 4.10. The highest BCUT2D eigenvalue weighted by Crippen LogP contribution is 2.38. The highest BCUT2D eigenvalue weighted by atomic mass is 35.5. The summed E-state index contributed by atoms with van der Waals surface area (Å²) in [4.78, 5) is 10.9. The van der Waals surface area contributed by atoms with Crippen LogP contribution < -0.4 is 9.64 Å². The minimum Gasteiger partial charge on any atom is -0.486 e. The third kappa shape index (κ3) is 2.37. The number of aromatic nitrogens is 2. The van der Waals surface area contributed by atoms with Crippen molar-refractivity contribution in [1.82, 2.24) is 9.97 Å². The number of thioether (sulfide) groups is 1. The van der Waals surface area contributed by atoms with Crippen molar-refractivity contribution in [3.63, 3.8) is 0 Å². The Morgan fingerprint density at radius 2 is 2.21 bits per heavy atom. The molecule has 104 valence electrons. The fourth-order valence-corrected chi connectivity index (χ4v) is 3.25. The van der Waals surface area contributed by atoms with E-state index in [4.69, 9.17) is 21.1 Å².